The van der Waals surface area contributed by atoms with Crippen molar-refractivity contribution in [2.24, 2.45) is 39.9 Å². The zero-order chi connectivity index (χ0) is 41.9. The van der Waals surface area contributed by atoms with E-state index in [0.717, 1.165) is 71.1 Å². The minimum atomic E-state index is -1.08. The average Bonchev–Trinajstić information content (AvgIpc) is 3.70. The Morgan fingerprint density at radius 2 is 1.59 bits per heavy atom. The van der Waals surface area contributed by atoms with Gasteiger partial charge in [0.15, 0.2) is 0 Å². The molecule has 1 amide bonds. The van der Waals surface area contributed by atoms with Gasteiger partial charge in [0, 0.05) is 18.3 Å². The van der Waals surface area contributed by atoms with Crippen molar-refractivity contribution in [3.63, 3.8) is 0 Å². The average molecular weight is 794 g/mol. The maximum absolute atomic E-state index is 13.4. The molecule has 0 bridgehead atoms. The summed E-state index contributed by atoms with van der Waals surface area (Å²) in [6.45, 7) is 20.3. The molecule has 0 aromatic heterocycles. The van der Waals surface area contributed by atoms with Crippen LogP contribution >= 0.6 is 0 Å². The number of hydrogen-bond acceptors (Lipinski definition) is 8. The van der Waals surface area contributed by atoms with Crippen LogP contribution in [0.5, 0.6) is 0 Å². The lowest BCUT2D eigenvalue weighted by Crippen LogP contribution is -2.63. The Balaban J connectivity index is 1.07. The monoisotopic (exact) mass is 793 g/mol. The zero-order valence-electron chi connectivity index (χ0n) is 35.6. The minimum absolute atomic E-state index is 0.0570. The molecule has 1 saturated carbocycles. The molecular weight excluding hydrogens is 731 g/mol. The van der Waals surface area contributed by atoms with Gasteiger partial charge in [-0.15, -0.1) is 0 Å². The second-order valence-corrected chi connectivity index (χ2v) is 19.1. The van der Waals surface area contributed by atoms with Gasteiger partial charge in [0.25, 0.3) is 0 Å². The molecule has 9 nitrogen and oxygen atoms in total. The lowest BCUT2D eigenvalue weighted by molar-refractivity contribution is -0.193. The zero-order valence-corrected chi connectivity index (χ0v) is 35.6. The fourth-order valence-corrected chi connectivity index (χ4v) is 12.1. The summed E-state index contributed by atoms with van der Waals surface area (Å²) in [7, 11) is 0. The molecule has 9 atom stereocenters. The highest BCUT2D eigenvalue weighted by molar-refractivity contribution is 5.80. The van der Waals surface area contributed by atoms with Crippen LogP contribution in [-0.4, -0.2) is 65.8 Å². The molecule has 2 aromatic carbocycles. The van der Waals surface area contributed by atoms with Crippen LogP contribution in [0.15, 0.2) is 83.5 Å². The van der Waals surface area contributed by atoms with Gasteiger partial charge in [-0.1, -0.05) is 115 Å². The van der Waals surface area contributed by atoms with Gasteiger partial charge in [0.1, 0.15) is 31.5 Å². The number of fused-ring (bicyclic) bond motifs is 7. The van der Waals surface area contributed by atoms with Crippen LogP contribution < -0.4 is 5.32 Å². The van der Waals surface area contributed by atoms with E-state index in [1.807, 2.05) is 50.2 Å². The Morgan fingerprint density at radius 1 is 0.948 bits per heavy atom. The number of amides is 1. The summed E-state index contributed by atoms with van der Waals surface area (Å²) >= 11 is 0. The Hall–Kier alpha value is -4.21. The lowest BCUT2D eigenvalue weighted by atomic mass is 9.45. The number of carbonyl (C=O) groups excluding carboxylic acids is 3. The van der Waals surface area contributed by atoms with E-state index < -0.39 is 65.2 Å². The third-order valence-electron chi connectivity index (χ3n) is 15.2. The normalized spacial score (nSPS) is 31.2. The van der Waals surface area contributed by atoms with Gasteiger partial charge >= 0.3 is 18.0 Å². The first-order chi connectivity index (χ1) is 27.4. The van der Waals surface area contributed by atoms with Crippen LogP contribution in [0.3, 0.4) is 0 Å². The van der Waals surface area contributed by atoms with Crippen molar-refractivity contribution >= 4 is 18.0 Å². The second-order valence-electron chi connectivity index (χ2n) is 19.1. The molecule has 0 radical (unpaired) electrons. The molecule has 0 saturated heterocycles. The number of hydrogen-bond donors (Lipinski definition) is 3. The highest BCUT2D eigenvalue weighted by atomic mass is 16.6. The first-order valence-corrected chi connectivity index (χ1v) is 21.3. The van der Waals surface area contributed by atoms with Crippen LogP contribution in [0.4, 0.5) is 4.79 Å². The van der Waals surface area contributed by atoms with E-state index in [0.29, 0.717) is 11.8 Å². The molecular formula is C49H63NO8. The van der Waals surface area contributed by atoms with Crippen molar-refractivity contribution in [1.29, 1.82) is 0 Å². The summed E-state index contributed by atoms with van der Waals surface area (Å²) in [5, 5.41) is 27.0. The van der Waals surface area contributed by atoms with Crippen molar-refractivity contribution < 1.29 is 38.8 Å². The van der Waals surface area contributed by atoms with Gasteiger partial charge in [-0.2, -0.15) is 0 Å². The van der Waals surface area contributed by atoms with Gasteiger partial charge in [-0.25, -0.2) is 4.79 Å². The highest BCUT2D eigenvalue weighted by Gasteiger charge is 2.65. The summed E-state index contributed by atoms with van der Waals surface area (Å²) in [6.07, 6.45) is 2.30. The van der Waals surface area contributed by atoms with Crippen LogP contribution in [0.1, 0.15) is 111 Å². The van der Waals surface area contributed by atoms with Crippen LogP contribution in [0.2, 0.25) is 0 Å². The van der Waals surface area contributed by atoms with Crippen LogP contribution in [0.25, 0.3) is 11.1 Å². The predicted molar refractivity (Wildman–Crippen MR) is 223 cm³/mol. The molecule has 5 aliphatic carbocycles. The quantitative estimate of drug-likeness (QED) is 0.117. The first kappa shape index (κ1) is 41.9. The van der Waals surface area contributed by atoms with E-state index >= 15 is 0 Å². The number of allylic oxidation sites excluding steroid dienone is 3. The fourth-order valence-electron chi connectivity index (χ4n) is 12.1. The number of carbonyl (C=O) groups is 3. The first-order valence-electron chi connectivity index (χ1n) is 21.3. The Labute approximate surface area is 344 Å². The summed E-state index contributed by atoms with van der Waals surface area (Å²) in [4.78, 5) is 39.2. The largest absolute Gasteiger partial charge is 0.458 e. The number of esters is 2. The summed E-state index contributed by atoms with van der Waals surface area (Å²) in [6, 6.07) is 16.2. The van der Waals surface area contributed by atoms with Crippen LogP contribution in [0, 0.1) is 39.9 Å². The van der Waals surface area contributed by atoms with Crippen molar-refractivity contribution in [3.8, 4) is 11.1 Å². The summed E-state index contributed by atoms with van der Waals surface area (Å²) in [5.41, 5.74) is 6.77. The minimum Gasteiger partial charge on any atom is -0.458 e. The van der Waals surface area contributed by atoms with Gasteiger partial charge in [-0.05, 0) is 112 Å². The molecule has 0 heterocycles. The van der Waals surface area contributed by atoms with Crippen molar-refractivity contribution in [2.75, 3.05) is 13.2 Å². The number of aliphatic hydroxyl groups excluding tert-OH is 2. The number of ether oxygens (including phenoxy) is 3. The molecule has 2 aromatic rings. The molecule has 0 unspecified atom stereocenters. The molecule has 58 heavy (non-hydrogen) atoms. The van der Waals surface area contributed by atoms with Gasteiger partial charge in [0.05, 0.1) is 6.10 Å². The maximum Gasteiger partial charge on any atom is 0.407 e. The molecule has 0 aliphatic heterocycles. The number of rotatable bonds is 11. The molecule has 7 rings (SSSR count). The molecule has 0 spiro atoms. The van der Waals surface area contributed by atoms with E-state index in [4.69, 9.17) is 14.2 Å². The van der Waals surface area contributed by atoms with E-state index in [1.54, 1.807) is 0 Å². The Morgan fingerprint density at radius 3 is 2.21 bits per heavy atom. The van der Waals surface area contributed by atoms with Crippen molar-refractivity contribution in [1.82, 2.24) is 5.32 Å². The predicted octanol–water partition coefficient (Wildman–Crippen LogP) is 8.83. The number of aliphatic hydroxyl groups is 2. The third-order valence-corrected chi connectivity index (χ3v) is 15.2. The van der Waals surface area contributed by atoms with E-state index in [2.05, 4.69) is 64.7 Å². The maximum atomic E-state index is 13.4. The second kappa shape index (κ2) is 15.8. The van der Waals surface area contributed by atoms with E-state index in [9.17, 15) is 24.6 Å². The standard InChI is InChI=1S/C49H63NO8/c1-27(2)28(3)18-19-29(4)37-21-22-38-35-20-23-40-47(6,7)44(54)39(24-48(40,8)42(35)43(53)45(49(37,38)9)57-30(5)51)58-41(52)25-50-46(55)56-26-36-33-16-12-10-14-31(33)32-15-11-13-17-34(32)36/h10-17,22,27,29,36-37,39-40,43-45,53-54H,3,18-21,23-26H2,1-2,4-9H3,(H,50,55)/t29-,37-,39-,40+,43-,44+,45+,48+,49-/m1/s1. The summed E-state index contributed by atoms with van der Waals surface area (Å²) < 4.78 is 17.8. The third kappa shape index (κ3) is 7.04. The smallest absolute Gasteiger partial charge is 0.407 e. The number of benzene rings is 2. The highest BCUT2D eigenvalue weighted by Crippen LogP contribution is 2.67. The number of alkyl carbamates (subject to hydrolysis) is 1. The topological polar surface area (TPSA) is 131 Å². The fraction of sp³-hybridized carbons (Fsp3) is 0.571. The van der Waals surface area contributed by atoms with Crippen LogP contribution in [-0.2, 0) is 23.8 Å². The SMILES string of the molecule is C=C(CC[C@@H](C)[C@H]1CC=C2C3=C([C@@H](O)[C@H](OC(C)=O)[C@@]21C)[C@@]1(C)C[C@@H](OC(=O)CNC(=O)OCC2c4ccccc4-c4ccccc42)[C@H](O)C(C)(C)[C@@H]1CC3)C(C)C. The van der Waals surface area contributed by atoms with Crippen molar-refractivity contribution in [3.05, 3.63) is 94.6 Å². The van der Waals surface area contributed by atoms with Gasteiger partial charge in [0.2, 0.25) is 0 Å². The van der Waals surface area contributed by atoms with Gasteiger partial charge < -0.3 is 29.7 Å². The van der Waals surface area contributed by atoms with Gasteiger partial charge in [-0.3, -0.25) is 9.59 Å². The molecule has 1 fully saturated rings. The summed E-state index contributed by atoms with van der Waals surface area (Å²) in [5.74, 6) is -0.442. The van der Waals surface area contributed by atoms with Crippen molar-refractivity contribution in [2.45, 2.75) is 124 Å². The Kier molecular flexibility index (Phi) is 11.4. The lowest BCUT2D eigenvalue weighted by Gasteiger charge is -2.62. The molecule has 9 heteroatoms. The Bertz CT molecular complexity index is 1980. The molecule has 5 aliphatic rings. The van der Waals surface area contributed by atoms with E-state index in [-0.39, 0.29) is 30.8 Å². The van der Waals surface area contributed by atoms with E-state index in [1.165, 1.54) is 12.5 Å². The molecule has 312 valence electrons. The molecule has 3 N–H and O–H groups in total. The number of nitrogens with one attached hydrogen (secondary N) is 1.